The van der Waals surface area contributed by atoms with Gasteiger partial charge < -0.3 is 10.6 Å². The fourth-order valence-electron chi connectivity index (χ4n) is 2.20. The number of rotatable bonds is 5. The Morgan fingerprint density at radius 1 is 1.08 bits per heavy atom. The lowest BCUT2D eigenvalue weighted by atomic mass is 10.2. The van der Waals surface area contributed by atoms with Crippen molar-refractivity contribution in [2.24, 2.45) is 0 Å². The second-order valence-corrected chi connectivity index (χ2v) is 5.50. The van der Waals surface area contributed by atoms with Gasteiger partial charge in [-0.25, -0.2) is 15.0 Å². The van der Waals surface area contributed by atoms with Crippen LogP contribution < -0.4 is 10.6 Å². The van der Waals surface area contributed by atoms with E-state index < -0.39 is 4.92 Å². The fraction of sp³-hybridized carbons (Fsp3) is 0.0625. The third-order valence-corrected chi connectivity index (χ3v) is 3.60. The molecule has 0 aliphatic rings. The molecule has 2 N–H and O–H groups in total. The van der Waals surface area contributed by atoms with Crippen molar-refractivity contribution in [1.29, 1.82) is 0 Å². The van der Waals surface area contributed by atoms with E-state index in [1.807, 2.05) is 25.1 Å². The third kappa shape index (κ3) is 3.81. The molecule has 0 amide bonds. The van der Waals surface area contributed by atoms with Crippen molar-refractivity contribution >= 4 is 40.3 Å². The zero-order valence-electron chi connectivity index (χ0n) is 13.1. The molecule has 8 nitrogen and oxygen atoms in total. The molecule has 0 aliphatic heterocycles. The maximum atomic E-state index is 11.6. The molecular weight excluding hydrogens is 344 g/mol. The Morgan fingerprint density at radius 3 is 2.52 bits per heavy atom. The molecular formula is C16H13ClN6O2. The van der Waals surface area contributed by atoms with E-state index in [0.717, 1.165) is 5.56 Å². The SMILES string of the molecule is Cc1cccc(Nc2ncnc(Nc3cccnc3Cl)c2[N+](=O)[O-])c1. The van der Waals surface area contributed by atoms with Gasteiger partial charge in [-0.15, -0.1) is 0 Å². The van der Waals surface area contributed by atoms with Crippen molar-refractivity contribution in [2.75, 3.05) is 10.6 Å². The monoisotopic (exact) mass is 356 g/mol. The summed E-state index contributed by atoms with van der Waals surface area (Å²) in [5, 5.41) is 17.5. The van der Waals surface area contributed by atoms with Gasteiger partial charge in [0.2, 0.25) is 11.6 Å². The lowest BCUT2D eigenvalue weighted by molar-refractivity contribution is -0.383. The molecule has 0 bridgehead atoms. The first-order chi connectivity index (χ1) is 12.0. The number of nitrogens with one attached hydrogen (secondary N) is 2. The summed E-state index contributed by atoms with van der Waals surface area (Å²) in [6.07, 6.45) is 2.75. The van der Waals surface area contributed by atoms with Gasteiger partial charge in [0.25, 0.3) is 0 Å². The first kappa shape index (κ1) is 16.6. The van der Waals surface area contributed by atoms with Crippen LogP contribution in [0.2, 0.25) is 5.15 Å². The van der Waals surface area contributed by atoms with Crippen molar-refractivity contribution in [2.45, 2.75) is 6.92 Å². The van der Waals surface area contributed by atoms with E-state index in [4.69, 9.17) is 11.6 Å². The van der Waals surface area contributed by atoms with Crippen LogP contribution in [0.25, 0.3) is 0 Å². The van der Waals surface area contributed by atoms with Crippen molar-refractivity contribution in [1.82, 2.24) is 15.0 Å². The van der Waals surface area contributed by atoms with Gasteiger partial charge in [-0.3, -0.25) is 10.1 Å². The number of hydrogen-bond acceptors (Lipinski definition) is 7. The zero-order chi connectivity index (χ0) is 17.8. The Kier molecular flexibility index (Phi) is 4.71. The Morgan fingerprint density at radius 2 is 1.84 bits per heavy atom. The van der Waals surface area contributed by atoms with E-state index in [1.54, 1.807) is 18.2 Å². The van der Waals surface area contributed by atoms with Crippen LogP contribution in [0.15, 0.2) is 48.9 Å². The number of nitro groups is 1. The average Bonchev–Trinajstić information content (AvgIpc) is 2.57. The second-order valence-electron chi connectivity index (χ2n) is 5.14. The fourth-order valence-corrected chi connectivity index (χ4v) is 2.37. The van der Waals surface area contributed by atoms with Gasteiger partial charge in [0.15, 0.2) is 5.15 Å². The van der Waals surface area contributed by atoms with E-state index in [2.05, 4.69) is 25.6 Å². The normalized spacial score (nSPS) is 10.3. The maximum Gasteiger partial charge on any atom is 0.353 e. The molecule has 0 spiro atoms. The highest BCUT2D eigenvalue weighted by molar-refractivity contribution is 6.32. The van der Waals surface area contributed by atoms with Crippen molar-refractivity contribution in [3.05, 3.63) is 69.8 Å². The van der Waals surface area contributed by atoms with Gasteiger partial charge in [-0.05, 0) is 36.8 Å². The lowest BCUT2D eigenvalue weighted by Crippen LogP contribution is -2.06. The van der Waals surface area contributed by atoms with Gasteiger partial charge in [0, 0.05) is 11.9 Å². The Bertz CT molecular complexity index is 934. The number of hydrogen-bond donors (Lipinski definition) is 2. The number of halogens is 1. The number of benzene rings is 1. The molecule has 126 valence electrons. The summed E-state index contributed by atoms with van der Waals surface area (Å²) in [7, 11) is 0. The Labute approximate surface area is 148 Å². The van der Waals surface area contributed by atoms with Crippen LogP contribution in [0.3, 0.4) is 0 Å². The number of aromatic nitrogens is 3. The molecule has 1 aromatic carbocycles. The summed E-state index contributed by atoms with van der Waals surface area (Å²) in [6.45, 7) is 1.93. The topological polar surface area (TPSA) is 106 Å². The van der Waals surface area contributed by atoms with E-state index in [0.29, 0.717) is 11.4 Å². The Balaban J connectivity index is 2.00. The standard InChI is InChI=1S/C16H13ClN6O2/c1-10-4-2-5-11(8-10)21-15-13(23(24)25)16(20-9-19-15)22-12-6-3-7-18-14(12)17/h2-9H,1H3,(H2,19,20,21,22). The van der Waals surface area contributed by atoms with Crippen molar-refractivity contribution < 1.29 is 4.92 Å². The first-order valence-electron chi connectivity index (χ1n) is 7.25. The highest BCUT2D eigenvalue weighted by Gasteiger charge is 2.24. The van der Waals surface area contributed by atoms with Gasteiger partial charge >= 0.3 is 5.69 Å². The molecule has 0 aliphatic carbocycles. The lowest BCUT2D eigenvalue weighted by Gasteiger charge is -2.11. The van der Waals surface area contributed by atoms with Gasteiger partial charge in [-0.1, -0.05) is 23.7 Å². The van der Waals surface area contributed by atoms with Crippen molar-refractivity contribution in [3.63, 3.8) is 0 Å². The summed E-state index contributed by atoms with van der Waals surface area (Å²) >= 11 is 5.99. The molecule has 2 aromatic heterocycles. The average molecular weight is 357 g/mol. The molecule has 0 saturated heterocycles. The summed E-state index contributed by atoms with van der Waals surface area (Å²) in [5.74, 6) is 0.0955. The van der Waals surface area contributed by atoms with Crippen LogP contribution in [0, 0.1) is 17.0 Å². The molecule has 3 rings (SSSR count). The second kappa shape index (κ2) is 7.10. The molecule has 0 unspecified atom stereocenters. The van der Waals surface area contributed by atoms with Crippen LogP contribution in [0.1, 0.15) is 5.56 Å². The number of aryl methyl sites for hydroxylation is 1. The minimum atomic E-state index is -0.551. The van der Waals surface area contributed by atoms with Crippen LogP contribution >= 0.6 is 11.6 Å². The van der Waals surface area contributed by atoms with Crippen LogP contribution in [-0.2, 0) is 0 Å². The number of anilines is 4. The van der Waals surface area contributed by atoms with Gasteiger partial charge in [0.05, 0.1) is 10.6 Å². The van der Waals surface area contributed by atoms with Crippen LogP contribution in [-0.4, -0.2) is 19.9 Å². The molecule has 3 aromatic rings. The van der Waals surface area contributed by atoms with Crippen LogP contribution in [0.4, 0.5) is 28.7 Å². The minimum Gasteiger partial charge on any atom is -0.334 e. The third-order valence-electron chi connectivity index (χ3n) is 3.30. The van der Waals surface area contributed by atoms with Gasteiger partial charge in [0.1, 0.15) is 6.33 Å². The largest absolute Gasteiger partial charge is 0.353 e. The zero-order valence-corrected chi connectivity index (χ0v) is 13.9. The molecule has 2 heterocycles. The number of nitrogens with zero attached hydrogens (tertiary/aromatic N) is 4. The van der Waals surface area contributed by atoms with E-state index in [-0.39, 0.29) is 22.5 Å². The molecule has 0 saturated carbocycles. The number of pyridine rings is 1. The first-order valence-corrected chi connectivity index (χ1v) is 7.63. The highest BCUT2D eigenvalue weighted by Crippen LogP contribution is 2.34. The highest BCUT2D eigenvalue weighted by atomic mass is 35.5. The molecule has 9 heteroatoms. The quantitative estimate of drug-likeness (QED) is 0.400. The Hall–Kier alpha value is -3.26. The van der Waals surface area contributed by atoms with E-state index >= 15 is 0 Å². The van der Waals surface area contributed by atoms with E-state index in [1.165, 1.54) is 12.5 Å². The molecule has 0 radical (unpaired) electrons. The predicted molar refractivity (Wildman–Crippen MR) is 95.7 cm³/mol. The van der Waals surface area contributed by atoms with Crippen LogP contribution in [0.5, 0.6) is 0 Å². The summed E-state index contributed by atoms with van der Waals surface area (Å²) in [4.78, 5) is 22.9. The summed E-state index contributed by atoms with van der Waals surface area (Å²) in [5.41, 5.74) is 1.82. The summed E-state index contributed by atoms with van der Waals surface area (Å²) < 4.78 is 0. The minimum absolute atomic E-state index is 0.0186. The van der Waals surface area contributed by atoms with E-state index in [9.17, 15) is 10.1 Å². The molecule has 0 fully saturated rings. The maximum absolute atomic E-state index is 11.6. The van der Waals surface area contributed by atoms with Gasteiger partial charge in [-0.2, -0.15) is 0 Å². The molecule has 0 atom stereocenters. The predicted octanol–water partition coefficient (Wildman–Crippen LogP) is 4.23. The smallest absolute Gasteiger partial charge is 0.334 e. The van der Waals surface area contributed by atoms with Crippen molar-refractivity contribution in [3.8, 4) is 0 Å². The molecule has 25 heavy (non-hydrogen) atoms. The summed E-state index contributed by atoms with van der Waals surface area (Å²) in [6, 6.07) is 10.7.